The molecule has 122 valence electrons. The van der Waals surface area contributed by atoms with Crippen molar-refractivity contribution in [2.75, 3.05) is 6.54 Å². The van der Waals surface area contributed by atoms with Gasteiger partial charge in [-0.15, -0.1) is 0 Å². The van der Waals surface area contributed by atoms with Crippen molar-refractivity contribution in [1.29, 1.82) is 0 Å². The van der Waals surface area contributed by atoms with Crippen LogP contribution < -0.4 is 0 Å². The zero-order valence-electron chi connectivity index (χ0n) is 12.8. The quantitative estimate of drug-likeness (QED) is 0.804. The summed E-state index contributed by atoms with van der Waals surface area (Å²) in [5, 5.41) is 0. The van der Waals surface area contributed by atoms with Crippen LogP contribution in [0.15, 0.2) is 71.3 Å². The molecule has 0 aliphatic carbocycles. The molecule has 0 fully saturated rings. The molecule has 5 nitrogen and oxygen atoms in total. The van der Waals surface area contributed by atoms with Crippen molar-refractivity contribution in [1.82, 2.24) is 4.31 Å². The molecule has 0 unspecified atom stereocenters. The normalized spacial score (nSPS) is 20.2. The van der Waals surface area contributed by atoms with Crippen LogP contribution in [0.5, 0.6) is 0 Å². The van der Waals surface area contributed by atoms with Gasteiger partial charge in [0.05, 0.1) is 4.90 Å². The molecule has 0 amide bonds. The molecule has 2 aliphatic rings. The van der Waals surface area contributed by atoms with E-state index in [1.165, 1.54) is 0 Å². The number of fused-ring (bicyclic) bond motifs is 4. The molecule has 2 aliphatic heterocycles. The van der Waals surface area contributed by atoms with Crippen LogP contribution in [0.4, 0.5) is 0 Å². The highest BCUT2D eigenvalue weighted by atomic mass is 32.2. The lowest BCUT2D eigenvalue weighted by atomic mass is 10.0. The van der Waals surface area contributed by atoms with Crippen LogP contribution in [-0.4, -0.2) is 25.2 Å². The van der Waals surface area contributed by atoms with E-state index in [2.05, 4.69) is 0 Å². The van der Waals surface area contributed by atoms with Gasteiger partial charge in [-0.1, -0.05) is 48.5 Å². The zero-order chi connectivity index (χ0) is 16.7. The van der Waals surface area contributed by atoms with E-state index >= 15 is 0 Å². The second-order valence-corrected chi connectivity index (χ2v) is 7.62. The molecule has 2 heterocycles. The first-order valence-corrected chi connectivity index (χ1v) is 9.06. The number of ether oxygens (including phenoxy) is 1. The van der Waals surface area contributed by atoms with Crippen LogP contribution in [0.3, 0.4) is 0 Å². The maximum atomic E-state index is 12.7. The molecule has 0 saturated carbocycles. The van der Waals surface area contributed by atoms with Gasteiger partial charge in [0.2, 0.25) is 0 Å². The van der Waals surface area contributed by atoms with Crippen LogP contribution >= 0.6 is 0 Å². The van der Waals surface area contributed by atoms with E-state index in [-0.39, 0.29) is 29.7 Å². The van der Waals surface area contributed by atoms with Crippen molar-refractivity contribution in [2.45, 2.75) is 17.4 Å². The second-order valence-electron chi connectivity index (χ2n) is 5.79. The number of sulfonamides is 1. The lowest BCUT2D eigenvalue weighted by Crippen LogP contribution is -2.36. The van der Waals surface area contributed by atoms with E-state index in [1.54, 1.807) is 24.3 Å². The molecule has 0 N–H and O–H groups in total. The van der Waals surface area contributed by atoms with Gasteiger partial charge >= 0.3 is 5.97 Å². The molecule has 2 bridgehead atoms. The first-order valence-electron chi connectivity index (χ1n) is 7.62. The lowest BCUT2D eigenvalue weighted by Gasteiger charge is -2.28. The molecule has 0 saturated heterocycles. The first-order chi connectivity index (χ1) is 11.6. The van der Waals surface area contributed by atoms with Crippen molar-refractivity contribution >= 4 is 16.0 Å². The third kappa shape index (κ3) is 2.30. The summed E-state index contributed by atoms with van der Waals surface area (Å²) in [4.78, 5) is 12.7. The van der Waals surface area contributed by atoms with E-state index in [1.807, 2.05) is 36.4 Å². The molecule has 24 heavy (non-hydrogen) atoms. The Labute approximate surface area is 140 Å². The van der Waals surface area contributed by atoms with E-state index in [4.69, 9.17) is 4.74 Å². The molecule has 2 aromatic rings. The first kappa shape index (κ1) is 15.0. The smallest absolute Gasteiger partial charge is 0.355 e. The summed E-state index contributed by atoms with van der Waals surface area (Å²) in [5.41, 5.74) is 1.69. The Hall–Kier alpha value is -2.60. The van der Waals surface area contributed by atoms with E-state index in [9.17, 15) is 13.2 Å². The minimum Gasteiger partial charge on any atom is -0.456 e. The fraction of sp³-hybridized carbons (Fsp3) is 0.167. The Balaban J connectivity index is 1.60. The summed E-state index contributed by atoms with van der Waals surface area (Å²) >= 11 is 0. The SMILES string of the molecule is O=C(OCc1ccccc1)C1=C[C@@H]2CN1S(=O)(=O)c1ccccc12. The molecule has 2 aromatic carbocycles. The van der Waals surface area contributed by atoms with Crippen molar-refractivity contribution in [3.63, 3.8) is 0 Å². The van der Waals surface area contributed by atoms with E-state index < -0.39 is 16.0 Å². The highest BCUT2D eigenvalue weighted by Gasteiger charge is 2.44. The largest absolute Gasteiger partial charge is 0.456 e. The number of hydrogen-bond donors (Lipinski definition) is 0. The van der Waals surface area contributed by atoms with Crippen LogP contribution in [0.2, 0.25) is 0 Å². The van der Waals surface area contributed by atoms with Gasteiger partial charge in [0.1, 0.15) is 12.3 Å². The number of carbonyl (C=O) groups excluding carboxylic acids is 1. The number of nitrogens with zero attached hydrogens (tertiary/aromatic N) is 1. The molecule has 0 radical (unpaired) electrons. The van der Waals surface area contributed by atoms with Crippen molar-refractivity contribution < 1.29 is 17.9 Å². The summed E-state index contributed by atoms with van der Waals surface area (Å²) in [6.45, 7) is 0.373. The Bertz CT molecular complexity index is 935. The average Bonchev–Trinajstić information content (AvgIpc) is 3.03. The van der Waals surface area contributed by atoms with Crippen LogP contribution in [0.1, 0.15) is 17.0 Å². The molecule has 6 heteroatoms. The van der Waals surface area contributed by atoms with Crippen molar-refractivity contribution in [2.24, 2.45) is 0 Å². The van der Waals surface area contributed by atoms with Crippen LogP contribution in [-0.2, 0) is 26.2 Å². The van der Waals surface area contributed by atoms with Gasteiger partial charge in [0.25, 0.3) is 10.0 Å². The van der Waals surface area contributed by atoms with Gasteiger partial charge in [0.15, 0.2) is 0 Å². The maximum Gasteiger partial charge on any atom is 0.355 e. The summed E-state index contributed by atoms with van der Waals surface area (Å²) < 4.78 is 31.9. The zero-order valence-corrected chi connectivity index (χ0v) is 13.6. The molecule has 1 atom stereocenters. The Morgan fingerprint density at radius 1 is 1.08 bits per heavy atom. The third-order valence-corrected chi connectivity index (χ3v) is 6.15. The molecular formula is C18H15NO4S. The standard InChI is InChI=1S/C18H15NO4S/c20-18(23-12-13-6-2-1-3-7-13)16-10-14-11-19(16)24(21,22)17-9-5-4-8-15(14)17/h1-10,14H,11-12H2/t14-/m1/s1. The summed E-state index contributed by atoms with van der Waals surface area (Å²) in [6, 6.07) is 16.2. The van der Waals surface area contributed by atoms with Gasteiger partial charge in [-0.25, -0.2) is 13.2 Å². The number of benzene rings is 2. The fourth-order valence-corrected chi connectivity index (χ4v) is 4.88. The number of hydrogen-bond acceptors (Lipinski definition) is 4. The number of carbonyl (C=O) groups is 1. The third-order valence-electron chi connectivity index (χ3n) is 4.30. The fourth-order valence-electron chi connectivity index (χ4n) is 3.13. The van der Waals surface area contributed by atoms with E-state index in [0.717, 1.165) is 15.4 Å². The van der Waals surface area contributed by atoms with E-state index in [0.29, 0.717) is 0 Å². The minimum absolute atomic E-state index is 0.104. The van der Waals surface area contributed by atoms with Crippen LogP contribution in [0.25, 0.3) is 0 Å². The maximum absolute atomic E-state index is 12.7. The number of rotatable bonds is 3. The minimum atomic E-state index is -3.70. The molecule has 0 aromatic heterocycles. The molecular weight excluding hydrogens is 326 g/mol. The van der Waals surface area contributed by atoms with Gasteiger partial charge in [0, 0.05) is 12.5 Å². The second kappa shape index (κ2) is 5.49. The highest BCUT2D eigenvalue weighted by Crippen LogP contribution is 2.41. The lowest BCUT2D eigenvalue weighted by molar-refractivity contribution is -0.141. The predicted molar refractivity (Wildman–Crippen MR) is 87.4 cm³/mol. The predicted octanol–water partition coefficient (Wildman–Crippen LogP) is 2.42. The summed E-state index contributed by atoms with van der Waals surface area (Å²) in [6.07, 6.45) is 1.69. The number of esters is 1. The van der Waals surface area contributed by atoms with Gasteiger partial charge in [-0.3, -0.25) is 4.31 Å². The van der Waals surface area contributed by atoms with Crippen molar-refractivity contribution in [3.05, 3.63) is 77.5 Å². The average molecular weight is 341 g/mol. The van der Waals surface area contributed by atoms with Crippen LogP contribution in [0, 0.1) is 0 Å². The summed E-state index contributed by atoms with van der Waals surface area (Å²) in [7, 11) is -3.70. The van der Waals surface area contributed by atoms with Gasteiger partial charge < -0.3 is 4.74 Å². The highest BCUT2D eigenvalue weighted by molar-refractivity contribution is 7.89. The monoisotopic (exact) mass is 341 g/mol. The Morgan fingerprint density at radius 2 is 1.79 bits per heavy atom. The van der Waals surface area contributed by atoms with Gasteiger partial charge in [-0.2, -0.15) is 0 Å². The summed E-state index contributed by atoms with van der Waals surface area (Å²) in [5.74, 6) is -0.721. The Morgan fingerprint density at radius 3 is 2.58 bits per heavy atom. The van der Waals surface area contributed by atoms with Gasteiger partial charge in [-0.05, 0) is 23.3 Å². The molecule has 0 spiro atoms. The topological polar surface area (TPSA) is 63.7 Å². The Kier molecular flexibility index (Phi) is 3.42. The molecule has 4 rings (SSSR count). The van der Waals surface area contributed by atoms with Crippen molar-refractivity contribution in [3.8, 4) is 0 Å².